The monoisotopic (exact) mass is 348 g/mol. The number of aliphatic hydroxyl groups is 1. The number of carbonyl (C=O) groups excluding carboxylic acids is 1. The highest BCUT2D eigenvalue weighted by Gasteiger charge is 2.59. The van der Waals surface area contributed by atoms with Gasteiger partial charge in [-0.1, -0.05) is 44.2 Å². The first kappa shape index (κ1) is 19.7. The Bertz CT molecular complexity index is 576. The number of methoxy groups -OCH3 is 1. The number of hydrogen-bond acceptors (Lipinski definition) is 3. The number of nitrogens with zero attached hydrogens (tertiary/aromatic N) is 1. The number of rotatable bonds is 7. The Balaban J connectivity index is 1.95. The standard InChI is InChI=1S/C20H32N2O3/c1-19(2)17(13-20(19,3)25-5)22(4)18(24)21-14-16(11-12-23)15-9-7-6-8-10-15/h6-10,16-17,23H,11-14H2,1-5H3,(H,21,24). The van der Waals surface area contributed by atoms with Gasteiger partial charge in [0.05, 0.1) is 5.60 Å². The van der Waals surface area contributed by atoms with Crippen LogP contribution in [0.1, 0.15) is 45.1 Å². The van der Waals surface area contributed by atoms with E-state index in [9.17, 15) is 9.90 Å². The number of aliphatic hydroxyl groups excluding tert-OH is 1. The Hall–Kier alpha value is -1.59. The van der Waals surface area contributed by atoms with Crippen molar-refractivity contribution < 1.29 is 14.6 Å². The summed E-state index contributed by atoms with van der Waals surface area (Å²) in [7, 11) is 3.58. The van der Waals surface area contributed by atoms with Crippen molar-refractivity contribution in [2.75, 3.05) is 27.3 Å². The van der Waals surface area contributed by atoms with Crippen molar-refractivity contribution >= 4 is 6.03 Å². The maximum atomic E-state index is 12.6. The van der Waals surface area contributed by atoms with Crippen LogP contribution in [0.15, 0.2) is 30.3 Å². The van der Waals surface area contributed by atoms with E-state index in [1.807, 2.05) is 37.4 Å². The fourth-order valence-corrected chi connectivity index (χ4v) is 3.82. The van der Waals surface area contributed by atoms with Gasteiger partial charge in [0.1, 0.15) is 0 Å². The fourth-order valence-electron chi connectivity index (χ4n) is 3.82. The van der Waals surface area contributed by atoms with Crippen LogP contribution < -0.4 is 5.32 Å². The van der Waals surface area contributed by atoms with Crippen molar-refractivity contribution in [3.8, 4) is 0 Å². The molecule has 0 aromatic heterocycles. The van der Waals surface area contributed by atoms with Crippen molar-refractivity contribution in [2.24, 2.45) is 5.41 Å². The zero-order valence-corrected chi connectivity index (χ0v) is 16.1. The molecular formula is C20H32N2O3. The molecule has 3 unspecified atom stereocenters. The van der Waals surface area contributed by atoms with E-state index in [4.69, 9.17) is 4.74 Å². The van der Waals surface area contributed by atoms with Gasteiger partial charge >= 0.3 is 6.03 Å². The predicted molar refractivity (Wildman–Crippen MR) is 99.6 cm³/mol. The molecule has 1 aromatic carbocycles. The zero-order chi connectivity index (χ0) is 18.7. The molecule has 1 aromatic rings. The summed E-state index contributed by atoms with van der Waals surface area (Å²) in [5.41, 5.74) is 0.836. The van der Waals surface area contributed by atoms with Crippen LogP contribution in [-0.2, 0) is 4.74 Å². The average Bonchev–Trinajstić information content (AvgIpc) is 2.62. The lowest BCUT2D eigenvalue weighted by Crippen LogP contribution is -2.69. The highest BCUT2D eigenvalue weighted by molar-refractivity contribution is 5.74. The van der Waals surface area contributed by atoms with Gasteiger partial charge in [0.25, 0.3) is 0 Å². The van der Waals surface area contributed by atoms with Crippen molar-refractivity contribution in [1.29, 1.82) is 0 Å². The van der Waals surface area contributed by atoms with Gasteiger partial charge in [-0.2, -0.15) is 0 Å². The highest BCUT2D eigenvalue weighted by atomic mass is 16.5. The first-order valence-electron chi connectivity index (χ1n) is 8.98. The van der Waals surface area contributed by atoms with Crippen LogP contribution in [0.3, 0.4) is 0 Å². The Kier molecular flexibility index (Phi) is 6.12. The minimum absolute atomic E-state index is 0.0740. The molecule has 0 saturated heterocycles. The average molecular weight is 348 g/mol. The molecule has 3 atom stereocenters. The van der Waals surface area contributed by atoms with Crippen LogP contribution in [-0.4, -0.2) is 55.0 Å². The number of hydrogen-bond donors (Lipinski definition) is 2. The third-order valence-corrected chi connectivity index (χ3v) is 6.27. The van der Waals surface area contributed by atoms with E-state index in [1.165, 1.54) is 0 Å². The molecule has 0 bridgehead atoms. The van der Waals surface area contributed by atoms with Gasteiger partial charge < -0.3 is 20.1 Å². The van der Waals surface area contributed by atoms with E-state index in [2.05, 4.69) is 26.1 Å². The second-order valence-corrected chi connectivity index (χ2v) is 7.79. The number of urea groups is 1. The maximum Gasteiger partial charge on any atom is 0.317 e. The van der Waals surface area contributed by atoms with Crippen molar-refractivity contribution in [2.45, 2.75) is 51.2 Å². The number of nitrogens with one attached hydrogen (secondary N) is 1. The lowest BCUT2D eigenvalue weighted by molar-refractivity contribution is -0.198. The molecule has 2 rings (SSSR count). The van der Waals surface area contributed by atoms with Crippen LogP contribution in [0.25, 0.3) is 0 Å². The summed E-state index contributed by atoms with van der Waals surface area (Å²) in [5.74, 6) is 0.113. The van der Waals surface area contributed by atoms with Gasteiger partial charge in [0.15, 0.2) is 0 Å². The summed E-state index contributed by atoms with van der Waals surface area (Å²) in [6, 6.07) is 10.1. The van der Waals surface area contributed by atoms with Gasteiger partial charge in [-0.15, -0.1) is 0 Å². The largest absolute Gasteiger partial charge is 0.396 e. The maximum absolute atomic E-state index is 12.6. The van der Waals surface area contributed by atoms with Crippen LogP contribution in [0, 0.1) is 5.41 Å². The number of carbonyl (C=O) groups is 1. The minimum atomic E-state index is -0.199. The molecule has 1 aliphatic carbocycles. The summed E-state index contributed by atoms with van der Waals surface area (Å²) < 4.78 is 5.65. The molecule has 0 heterocycles. The van der Waals surface area contributed by atoms with Crippen molar-refractivity contribution in [1.82, 2.24) is 10.2 Å². The molecule has 0 spiro atoms. The molecule has 2 amide bonds. The third kappa shape index (κ3) is 3.82. The molecule has 2 N–H and O–H groups in total. The van der Waals surface area contributed by atoms with Crippen molar-refractivity contribution in [3.05, 3.63) is 35.9 Å². The van der Waals surface area contributed by atoms with Crippen LogP contribution >= 0.6 is 0 Å². The van der Waals surface area contributed by atoms with E-state index in [-0.39, 0.29) is 35.6 Å². The summed E-state index contributed by atoms with van der Waals surface area (Å²) >= 11 is 0. The Labute approximate surface area is 151 Å². The van der Waals surface area contributed by atoms with Gasteiger partial charge in [0, 0.05) is 44.7 Å². The smallest absolute Gasteiger partial charge is 0.317 e. The molecule has 25 heavy (non-hydrogen) atoms. The molecular weight excluding hydrogens is 316 g/mol. The van der Waals surface area contributed by atoms with Crippen molar-refractivity contribution in [3.63, 3.8) is 0 Å². The van der Waals surface area contributed by atoms with E-state index >= 15 is 0 Å². The van der Waals surface area contributed by atoms with Crippen LogP contribution in [0.5, 0.6) is 0 Å². The molecule has 140 valence electrons. The first-order valence-corrected chi connectivity index (χ1v) is 8.98. The summed E-state index contributed by atoms with van der Waals surface area (Å²) in [6.45, 7) is 7.01. The Morgan fingerprint density at radius 2 is 2.00 bits per heavy atom. The topological polar surface area (TPSA) is 61.8 Å². The van der Waals surface area contributed by atoms with E-state index in [0.29, 0.717) is 13.0 Å². The quantitative estimate of drug-likeness (QED) is 0.796. The molecule has 5 nitrogen and oxygen atoms in total. The minimum Gasteiger partial charge on any atom is -0.396 e. The molecule has 1 saturated carbocycles. The fraction of sp³-hybridized carbons (Fsp3) is 0.650. The SMILES string of the molecule is COC1(C)CC(N(C)C(=O)NCC(CCO)c2ccccc2)C1(C)C. The van der Waals surface area contributed by atoms with E-state index in [1.54, 1.807) is 12.0 Å². The third-order valence-electron chi connectivity index (χ3n) is 6.27. The van der Waals surface area contributed by atoms with Gasteiger partial charge in [-0.3, -0.25) is 0 Å². The molecule has 1 fully saturated rings. The number of amides is 2. The first-order chi connectivity index (χ1) is 11.8. The lowest BCUT2D eigenvalue weighted by Gasteiger charge is -2.61. The molecule has 0 aliphatic heterocycles. The summed E-state index contributed by atoms with van der Waals surface area (Å²) in [4.78, 5) is 14.4. The highest BCUT2D eigenvalue weighted by Crippen LogP contribution is 2.53. The van der Waals surface area contributed by atoms with Crippen LogP contribution in [0.4, 0.5) is 4.79 Å². The predicted octanol–water partition coefficient (Wildman–Crippen LogP) is 3.00. The van der Waals surface area contributed by atoms with Gasteiger partial charge in [-0.25, -0.2) is 4.79 Å². The Morgan fingerprint density at radius 3 is 2.52 bits per heavy atom. The summed E-state index contributed by atoms with van der Waals surface area (Å²) in [6.07, 6.45) is 1.46. The second kappa shape index (κ2) is 7.75. The number of benzene rings is 1. The molecule has 5 heteroatoms. The normalized spacial score (nSPS) is 25.8. The van der Waals surface area contributed by atoms with E-state index in [0.717, 1.165) is 12.0 Å². The lowest BCUT2D eigenvalue weighted by atomic mass is 9.55. The van der Waals surface area contributed by atoms with E-state index < -0.39 is 0 Å². The zero-order valence-electron chi connectivity index (χ0n) is 16.1. The second-order valence-electron chi connectivity index (χ2n) is 7.79. The van der Waals surface area contributed by atoms with Crippen LogP contribution in [0.2, 0.25) is 0 Å². The number of ether oxygens (including phenoxy) is 1. The van der Waals surface area contributed by atoms with Gasteiger partial charge in [-0.05, 0) is 25.3 Å². The van der Waals surface area contributed by atoms with Gasteiger partial charge in [0.2, 0.25) is 0 Å². The Morgan fingerprint density at radius 1 is 1.36 bits per heavy atom. The molecule has 0 radical (unpaired) electrons. The summed E-state index contributed by atoms with van der Waals surface area (Å²) in [5, 5.41) is 12.4. The molecule has 1 aliphatic rings.